The normalized spacial score (nSPS) is 14.3. The number of Topliss-reactive ketones (excluding diaryl/α,β-unsaturated/α-hetero) is 2. The zero-order valence-corrected chi connectivity index (χ0v) is 29.3. The fraction of sp³-hybridized carbons (Fsp3) is 0.514. The number of nitrogens with zero attached hydrogens (tertiary/aromatic N) is 2. The molecule has 0 radical (unpaired) electrons. The number of hydrogen-bond donors (Lipinski definition) is 1. The summed E-state index contributed by atoms with van der Waals surface area (Å²) in [5.74, 6) is -3.29. The molecule has 1 N–H and O–H groups in total. The van der Waals surface area contributed by atoms with Crippen molar-refractivity contribution in [2.75, 3.05) is 19.8 Å². The molecule has 1 aromatic heterocycles. The third-order valence-electron chi connectivity index (χ3n) is 7.32. The molecule has 1 saturated heterocycles. The van der Waals surface area contributed by atoms with Crippen molar-refractivity contribution in [3.8, 4) is 5.75 Å². The Hall–Kier alpha value is -4.41. The molecule has 10 nitrogen and oxygen atoms in total. The fourth-order valence-corrected chi connectivity index (χ4v) is 4.54. The van der Waals surface area contributed by atoms with E-state index in [9.17, 15) is 33.5 Å². The van der Waals surface area contributed by atoms with Gasteiger partial charge in [-0.05, 0) is 89.1 Å². The molecule has 2 heterocycles. The van der Waals surface area contributed by atoms with Crippen LogP contribution in [0.5, 0.6) is 5.75 Å². The number of carbonyl (C=O) groups is 5. The largest absolute Gasteiger partial charge is 0.486 e. The number of carbonyl (C=O) groups excluding carboxylic acids is 4. The topological polar surface area (TPSA) is 140 Å². The Balaban J connectivity index is 0.000000456. The Morgan fingerprint density at radius 2 is 1.79 bits per heavy atom. The summed E-state index contributed by atoms with van der Waals surface area (Å²) in [7, 11) is 0. The number of likely N-dealkylation sites (tertiary alicyclic amines) is 1. The van der Waals surface area contributed by atoms with Crippen LogP contribution in [-0.2, 0) is 41.6 Å². The Labute approximate surface area is 283 Å². The van der Waals surface area contributed by atoms with Gasteiger partial charge in [-0.2, -0.15) is 0 Å². The second-order valence-corrected chi connectivity index (χ2v) is 12.0. The van der Waals surface area contributed by atoms with Crippen molar-refractivity contribution in [1.82, 2.24) is 9.88 Å². The van der Waals surface area contributed by atoms with Gasteiger partial charge < -0.3 is 19.5 Å². The van der Waals surface area contributed by atoms with Gasteiger partial charge in [0.15, 0.2) is 5.78 Å². The molecule has 48 heavy (non-hydrogen) atoms. The summed E-state index contributed by atoms with van der Waals surface area (Å²) in [5, 5.41) is 9.20. The number of pyridine rings is 1. The second-order valence-electron chi connectivity index (χ2n) is 12.0. The maximum absolute atomic E-state index is 13.7. The van der Waals surface area contributed by atoms with Crippen molar-refractivity contribution in [1.29, 1.82) is 0 Å². The lowest BCUT2D eigenvalue weighted by atomic mass is 9.87. The number of rotatable bonds is 14. The highest BCUT2D eigenvalue weighted by Crippen LogP contribution is 2.23. The highest BCUT2D eigenvalue weighted by atomic mass is 19.1. The number of ketones is 2. The number of benzene rings is 1. The second kappa shape index (κ2) is 21.5. The summed E-state index contributed by atoms with van der Waals surface area (Å²) < 4.78 is 24.0. The lowest BCUT2D eigenvalue weighted by Crippen LogP contribution is -2.53. The minimum atomic E-state index is -1.21. The first-order valence-electron chi connectivity index (χ1n) is 16.5. The van der Waals surface area contributed by atoms with Gasteiger partial charge in [0.1, 0.15) is 30.8 Å². The van der Waals surface area contributed by atoms with Gasteiger partial charge in [0.05, 0.1) is 5.41 Å². The van der Waals surface area contributed by atoms with Crippen LogP contribution < -0.4 is 4.74 Å². The maximum Gasteiger partial charge on any atom is 0.330 e. The lowest BCUT2D eigenvalue weighted by molar-refractivity contribution is -0.159. The molecule has 1 fully saturated rings. The van der Waals surface area contributed by atoms with E-state index >= 15 is 0 Å². The van der Waals surface area contributed by atoms with Crippen LogP contribution in [0.3, 0.4) is 0 Å². The molecule has 1 aromatic carbocycles. The third kappa shape index (κ3) is 14.6. The van der Waals surface area contributed by atoms with Crippen LogP contribution >= 0.6 is 0 Å². The lowest BCUT2D eigenvalue weighted by Gasteiger charge is -2.34. The number of halogens is 1. The first-order valence-corrected chi connectivity index (χ1v) is 16.5. The summed E-state index contributed by atoms with van der Waals surface area (Å²) in [4.78, 5) is 64.4. The fourth-order valence-electron chi connectivity index (χ4n) is 4.54. The van der Waals surface area contributed by atoms with Crippen molar-refractivity contribution in [2.24, 2.45) is 11.3 Å². The Bertz CT molecular complexity index is 1370. The van der Waals surface area contributed by atoms with E-state index in [1.165, 1.54) is 38.1 Å². The number of allylic oxidation sites excluding steroid dienone is 1. The van der Waals surface area contributed by atoms with Crippen LogP contribution in [0.1, 0.15) is 85.4 Å². The van der Waals surface area contributed by atoms with Gasteiger partial charge in [-0.15, -0.1) is 0 Å². The number of aliphatic carboxylic acids is 1. The van der Waals surface area contributed by atoms with E-state index in [0.29, 0.717) is 25.0 Å². The van der Waals surface area contributed by atoms with Gasteiger partial charge in [0.2, 0.25) is 5.78 Å². The third-order valence-corrected chi connectivity index (χ3v) is 7.32. The van der Waals surface area contributed by atoms with E-state index in [4.69, 9.17) is 9.47 Å². The van der Waals surface area contributed by atoms with Crippen LogP contribution in [0.15, 0.2) is 54.7 Å². The van der Waals surface area contributed by atoms with E-state index < -0.39 is 35.1 Å². The number of ether oxygens (including phenoxy) is 2. The van der Waals surface area contributed by atoms with Crippen molar-refractivity contribution in [3.05, 3.63) is 71.8 Å². The van der Waals surface area contributed by atoms with Crippen molar-refractivity contribution in [2.45, 2.75) is 93.0 Å². The predicted molar refractivity (Wildman–Crippen MR) is 181 cm³/mol. The average molecular weight is 671 g/mol. The van der Waals surface area contributed by atoms with Gasteiger partial charge in [-0.1, -0.05) is 39.8 Å². The summed E-state index contributed by atoms with van der Waals surface area (Å²) in [6.45, 7) is 12.3. The van der Waals surface area contributed by atoms with E-state index in [1.807, 2.05) is 45.9 Å². The van der Waals surface area contributed by atoms with Gasteiger partial charge >= 0.3 is 11.9 Å². The molecule has 0 bridgehead atoms. The van der Waals surface area contributed by atoms with Crippen molar-refractivity contribution >= 4 is 29.4 Å². The Kier molecular flexibility index (Phi) is 18.6. The van der Waals surface area contributed by atoms with Crippen molar-refractivity contribution in [3.63, 3.8) is 0 Å². The molecular formula is C37H51FN2O8. The standard InChI is InChI=1S/C19H22FNO2.C16H23NO6.C2H6/c1-14(2)19(22)13-23-18-11-15(10-16(20)12-18)6-5-8-17-7-3-4-9-21-17;1-4-7-12(18)23-10-16(2,3)13(19)14(20)17-9-6-5-8-11(17)15(21)22;1-2/h3-4,7,9-12,14H,5-6,8,13H2,1-2H3;4,7,11H,5-6,8-10H2,1-3H3,(H,21,22);1-2H3/b;7-4-;. The number of carboxylic acid groups (broad SMARTS) is 1. The summed E-state index contributed by atoms with van der Waals surface area (Å²) in [6.07, 6.45) is 8.67. The Morgan fingerprint density at radius 1 is 1.08 bits per heavy atom. The number of amides is 1. The zero-order valence-electron chi connectivity index (χ0n) is 29.3. The molecule has 1 aliphatic rings. The van der Waals surface area contributed by atoms with Gasteiger partial charge in [0, 0.05) is 36.5 Å². The van der Waals surface area contributed by atoms with Gasteiger partial charge in [-0.3, -0.25) is 19.4 Å². The van der Waals surface area contributed by atoms with Crippen LogP contribution in [-0.4, -0.2) is 70.2 Å². The molecule has 3 rings (SSSR count). The average Bonchev–Trinajstić information content (AvgIpc) is 3.07. The minimum Gasteiger partial charge on any atom is -0.486 e. The number of carboxylic acids is 1. The van der Waals surface area contributed by atoms with E-state index in [-0.39, 0.29) is 37.3 Å². The first kappa shape index (κ1) is 41.6. The number of esters is 1. The van der Waals surface area contributed by atoms with Crippen LogP contribution in [0.25, 0.3) is 0 Å². The van der Waals surface area contributed by atoms with E-state index in [0.717, 1.165) is 35.4 Å². The van der Waals surface area contributed by atoms with E-state index in [2.05, 4.69) is 4.98 Å². The van der Waals surface area contributed by atoms with Crippen LogP contribution in [0, 0.1) is 17.2 Å². The number of aromatic nitrogens is 1. The molecular weight excluding hydrogens is 619 g/mol. The van der Waals surface area contributed by atoms with Gasteiger partial charge in [0.25, 0.3) is 5.91 Å². The van der Waals surface area contributed by atoms with Crippen molar-refractivity contribution < 1.29 is 42.9 Å². The molecule has 0 aliphatic carbocycles. The minimum absolute atomic E-state index is 0.00552. The molecule has 1 aliphatic heterocycles. The molecule has 1 atom stereocenters. The van der Waals surface area contributed by atoms with Crippen LogP contribution in [0.2, 0.25) is 0 Å². The quantitative estimate of drug-likeness (QED) is 0.141. The molecule has 0 saturated carbocycles. The number of hydrogen-bond acceptors (Lipinski definition) is 8. The molecule has 264 valence electrons. The SMILES string of the molecule is C/C=C\C(=O)OCC(C)(C)C(=O)C(=O)N1CCCCC1C(=O)O.CC.CC(C)C(=O)COc1cc(F)cc(CCCc2ccccn2)c1. The molecule has 11 heteroatoms. The van der Waals surface area contributed by atoms with Crippen LogP contribution in [0.4, 0.5) is 4.39 Å². The predicted octanol–water partition coefficient (Wildman–Crippen LogP) is 6.19. The number of piperidine rings is 1. The zero-order chi connectivity index (χ0) is 36.3. The summed E-state index contributed by atoms with van der Waals surface area (Å²) in [6, 6.07) is 9.49. The molecule has 2 aromatic rings. The monoisotopic (exact) mass is 670 g/mol. The molecule has 0 spiro atoms. The summed E-state index contributed by atoms with van der Waals surface area (Å²) >= 11 is 0. The Morgan fingerprint density at radius 3 is 2.40 bits per heavy atom. The van der Waals surface area contributed by atoms with E-state index in [1.54, 1.807) is 19.2 Å². The first-order chi connectivity index (χ1) is 22.7. The molecule has 1 amide bonds. The summed E-state index contributed by atoms with van der Waals surface area (Å²) in [5.41, 5.74) is 0.685. The maximum atomic E-state index is 13.7. The van der Waals surface area contributed by atoms with Gasteiger partial charge in [-0.25, -0.2) is 14.0 Å². The highest BCUT2D eigenvalue weighted by Gasteiger charge is 2.41. The smallest absolute Gasteiger partial charge is 0.330 e. The molecule has 1 unspecified atom stereocenters. The highest BCUT2D eigenvalue weighted by molar-refractivity contribution is 6.38. The number of aryl methyl sites for hydroxylation is 2.